The van der Waals surface area contributed by atoms with Crippen LogP contribution in [0.1, 0.15) is 56.6 Å². The molecule has 6 aromatic carbocycles. The zero-order valence-electron chi connectivity index (χ0n) is 37.4. The molecule has 2 aliphatic heterocycles. The normalized spacial score (nSPS) is 16.6. The molecule has 67 heavy (non-hydrogen) atoms. The van der Waals surface area contributed by atoms with Gasteiger partial charge in [0.15, 0.2) is 0 Å². The number of hydrogen-bond acceptors (Lipinski definition) is 11. The SMILES string of the molecule is Cc1ccc(S(=O)(=O)N2CCN(C(c3cccc(CC(=O)OC(=O)Cc4ccc(O)c(C(c5ccccc5)N5CCN(S(=O)(=O)c6ccc(C)cc6)CC5)c4)c3)c3ccccc3O)CC2)cc1. The number of nitrogens with zero attached hydrogens (tertiary/aromatic N) is 4. The molecule has 2 heterocycles. The predicted octanol–water partition coefficient (Wildman–Crippen LogP) is 6.76. The van der Waals surface area contributed by atoms with Crippen molar-refractivity contribution in [2.24, 2.45) is 0 Å². The quantitative estimate of drug-likeness (QED) is 0.0876. The molecule has 0 aromatic heterocycles. The van der Waals surface area contributed by atoms with Gasteiger partial charge in [-0.15, -0.1) is 0 Å². The topological polar surface area (TPSA) is 165 Å². The fourth-order valence-electron chi connectivity index (χ4n) is 8.99. The zero-order chi connectivity index (χ0) is 47.3. The van der Waals surface area contributed by atoms with Gasteiger partial charge in [0.05, 0.1) is 34.7 Å². The summed E-state index contributed by atoms with van der Waals surface area (Å²) in [4.78, 5) is 31.4. The van der Waals surface area contributed by atoms with Crippen molar-refractivity contribution in [2.75, 3.05) is 52.4 Å². The number of piperazine rings is 2. The van der Waals surface area contributed by atoms with Crippen molar-refractivity contribution >= 4 is 32.0 Å². The molecule has 13 nitrogen and oxygen atoms in total. The van der Waals surface area contributed by atoms with E-state index >= 15 is 0 Å². The van der Waals surface area contributed by atoms with E-state index in [2.05, 4.69) is 9.80 Å². The molecule has 0 amide bonds. The van der Waals surface area contributed by atoms with Crippen LogP contribution in [-0.2, 0) is 47.2 Å². The molecule has 8 rings (SSSR count). The maximum absolute atomic E-state index is 13.5. The Morgan fingerprint density at radius 3 is 1.46 bits per heavy atom. The first kappa shape index (κ1) is 47.3. The molecule has 348 valence electrons. The van der Waals surface area contributed by atoms with E-state index in [4.69, 9.17) is 4.74 Å². The first-order valence-corrected chi connectivity index (χ1v) is 25.1. The average Bonchev–Trinajstić information content (AvgIpc) is 3.32. The maximum Gasteiger partial charge on any atom is 0.317 e. The van der Waals surface area contributed by atoms with E-state index in [1.54, 1.807) is 84.9 Å². The van der Waals surface area contributed by atoms with E-state index < -0.39 is 44.1 Å². The second kappa shape index (κ2) is 20.3. The highest BCUT2D eigenvalue weighted by molar-refractivity contribution is 7.89. The molecule has 0 bridgehead atoms. The summed E-state index contributed by atoms with van der Waals surface area (Å²) in [5, 5.41) is 22.3. The molecule has 2 aliphatic rings. The van der Waals surface area contributed by atoms with Crippen LogP contribution in [0.5, 0.6) is 11.5 Å². The summed E-state index contributed by atoms with van der Waals surface area (Å²) in [5.74, 6) is -1.43. The lowest BCUT2D eigenvalue weighted by Gasteiger charge is -2.39. The average molecular weight is 943 g/mol. The summed E-state index contributed by atoms with van der Waals surface area (Å²) in [6.07, 6.45) is -0.456. The van der Waals surface area contributed by atoms with Crippen LogP contribution in [0.2, 0.25) is 0 Å². The third-order valence-corrected chi connectivity index (χ3v) is 16.3. The monoisotopic (exact) mass is 942 g/mol. The van der Waals surface area contributed by atoms with Crippen LogP contribution in [0.3, 0.4) is 0 Å². The van der Waals surface area contributed by atoms with Crippen molar-refractivity contribution < 1.29 is 41.4 Å². The Bertz CT molecular complexity index is 2930. The van der Waals surface area contributed by atoms with Crippen LogP contribution < -0.4 is 0 Å². The van der Waals surface area contributed by atoms with Crippen LogP contribution in [-0.4, -0.2) is 110 Å². The van der Waals surface area contributed by atoms with Crippen LogP contribution in [0, 0.1) is 13.8 Å². The minimum Gasteiger partial charge on any atom is -0.508 e. The standard InChI is InChI=1S/C52H54N4O9S2/c1-37-15-20-43(21-16-37)66(61,62)55-29-25-53(26-30-55)51(41-10-4-3-5-11-41)46-34-40(19-24-48(46)58)36-50(60)65-49(59)35-39-9-8-12-42(33-39)52(45-13-6-7-14-47(45)57)54-27-31-56(32-28-54)67(63,64)44-22-17-38(2)18-23-44/h3-24,33-34,51-52,57-58H,25-32,35-36H2,1-2H3. The maximum atomic E-state index is 13.5. The minimum atomic E-state index is -3.71. The Kier molecular flexibility index (Phi) is 14.4. The van der Waals surface area contributed by atoms with E-state index in [0.29, 0.717) is 48.4 Å². The summed E-state index contributed by atoms with van der Waals surface area (Å²) < 4.78 is 62.4. The molecule has 0 saturated carbocycles. The van der Waals surface area contributed by atoms with Gasteiger partial charge in [-0.3, -0.25) is 19.4 Å². The molecule has 0 aliphatic carbocycles. The molecular formula is C52H54N4O9S2. The lowest BCUT2D eigenvalue weighted by atomic mass is 9.93. The zero-order valence-corrected chi connectivity index (χ0v) is 39.1. The van der Waals surface area contributed by atoms with Crippen molar-refractivity contribution in [3.05, 3.63) is 190 Å². The molecule has 0 radical (unpaired) electrons. The van der Waals surface area contributed by atoms with Crippen LogP contribution >= 0.6 is 0 Å². The Hall–Kier alpha value is -6.20. The lowest BCUT2D eigenvalue weighted by molar-refractivity contribution is -0.158. The van der Waals surface area contributed by atoms with Crippen LogP contribution in [0.4, 0.5) is 0 Å². The number of aromatic hydroxyl groups is 2. The van der Waals surface area contributed by atoms with Gasteiger partial charge in [-0.1, -0.05) is 114 Å². The van der Waals surface area contributed by atoms with Gasteiger partial charge >= 0.3 is 11.9 Å². The highest BCUT2D eigenvalue weighted by Gasteiger charge is 2.35. The smallest absolute Gasteiger partial charge is 0.317 e. The van der Waals surface area contributed by atoms with Gasteiger partial charge in [-0.25, -0.2) is 16.8 Å². The Balaban J connectivity index is 0.938. The first-order chi connectivity index (χ1) is 32.2. The largest absolute Gasteiger partial charge is 0.508 e. The van der Waals surface area contributed by atoms with Gasteiger partial charge in [-0.05, 0) is 78.6 Å². The fraction of sp³-hybridized carbons (Fsp3) is 0.269. The van der Waals surface area contributed by atoms with E-state index in [1.165, 1.54) is 14.7 Å². The van der Waals surface area contributed by atoms with Gasteiger partial charge < -0.3 is 14.9 Å². The number of rotatable bonds is 14. The van der Waals surface area contributed by atoms with Gasteiger partial charge in [-0.2, -0.15) is 8.61 Å². The van der Waals surface area contributed by atoms with Crippen LogP contribution in [0.25, 0.3) is 0 Å². The summed E-state index contributed by atoms with van der Waals surface area (Å²) in [6, 6.07) is 41.4. The van der Waals surface area contributed by atoms with E-state index in [0.717, 1.165) is 22.3 Å². The van der Waals surface area contributed by atoms with Gasteiger partial charge in [0.2, 0.25) is 20.0 Å². The Morgan fingerprint density at radius 2 is 0.940 bits per heavy atom. The number of ether oxygens (including phenoxy) is 1. The second-order valence-electron chi connectivity index (χ2n) is 17.1. The molecule has 2 fully saturated rings. The molecule has 2 unspecified atom stereocenters. The van der Waals surface area contributed by atoms with E-state index in [1.807, 2.05) is 68.4 Å². The summed E-state index contributed by atoms with van der Waals surface area (Å²) >= 11 is 0. The third kappa shape index (κ3) is 10.8. The van der Waals surface area contributed by atoms with Crippen molar-refractivity contribution in [1.29, 1.82) is 0 Å². The van der Waals surface area contributed by atoms with Crippen LogP contribution in [0.15, 0.2) is 155 Å². The second-order valence-corrected chi connectivity index (χ2v) is 21.0. The number of phenolic OH excluding ortho intramolecular Hbond substituents is 2. The third-order valence-electron chi connectivity index (χ3n) is 12.5. The van der Waals surface area contributed by atoms with E-state index in [9.17, 15) is 36.6 Å². The Labute approximate surface area is 392 Å². The lowest BCUT2D eigenvalue weighted by Crippen LogP contribution is -2.49. The molecule has 6 aromatic rings. The molecule has 15 heteroatoms. The number of hydrogen-bond donors (Lipinski definition) is 2. The summed E-state index contributed by atoms with van der Waals surface area (Å²) in [6.45, 7) is 6.30. The van der Waals surface area contributed by atoms with E-state index in [-0.39, 0.29) is 60.3 Å². The number of carbonyl (C=O) groups is 2. The van der Waals surface area contributed by atoms with Crippen molar-refractivity contribution in [3.63, 3.8) is 0 Å². The first-order valence-electron chi connectivity index (χ1n) is 22.3. The molecule has 2 N–H and O–H groups in total. The number of para-hydroxylation sites is 1. The molecule has 2 atom stereocenters. The number of aryl methyl sites for hydroxylation is 2. The van der Waals surface area contributed by atoms with Crippen molar-refractivity contribution in [2.45, 2.75) is 48.6 Å². The fourth-order valence-corrected chi connectivity index (χ4v) is 11.8. The van der Waals surface area contributed by atoms with Gasteiger partial charge in [0, 0.05) is 63.5 Å². The molecule has 2 saturated heterocycles. The summed E-state index contributed by atoms with van der Waals surface area (Å²) in [5.41, 5.74) is 5.84. The van der Waals surface area contributed by atoms with Crippen molar-refractivity contribution in [3.8, 4) is 11.5 Å². The number of sulfonamides is 2. The number of esters is 2. The van der Waals surface area contributed by atoms with Crippen molar-refractivity contribution in [1.82, 2.24) is 18.4 Å². The number of benzene rings is 6. The summed E-state index contributed by atoms with van der Waals surface area (Å²) in [7, 11) is -7.41. The number of phenols is 2. The van der Waals surface area contributed by atoms with Gasteiger partial charge in [0.25, 0.3) is 0 Å². The highest BCUT2D eigenvalue weighted by atomic mass is 32.2. The predicted molar refractivity (Wildman–Crippen MR) is 254 cm³/mol. The molecular weight excluding hydrogens is 889 g/mol. The van der Waals surface area contributed by atoms with Gasteiger partial charge in [0.1, 0.15) is 11.5 Å². The minimum absolute atomic E-state index is 0.00733. The highest BCUT2D eigenvalue weighted by Crippen LogP contribution is 2.38. The molecule has 0 spiro atoms. The Morgan fingerprint density at radius 1 is 0.493 bits per heavy atom. The number of carbonyl (C=O) groups excluding carboxylic acids is 2.